The Labute approximate surface area is 366 Å². The van der Waals surface area contributed by atoms with Crippen molar-refractivity contribution in [2.75, 3.05) is 41.0 Å². The third-order valence-electron chi connectivity index (χ3n) is 13.1. The summed E-state index contributed by atoms with van der Waals surface area (Å²) in [7, 11) is 4.25. The molecule has 0 bridgehead atoms. The van der Waals surface area contributed by atoms with Crippen LogP contribution in [0.25, 0.3) is 44.2 Å². The zero-order valence-electron chi connectivity index (χ0n) is 37.2. The zero-order chi connectivity index (χ0) is 44.7. The van der Waals surface area contributed by atoms with Crippen LogP contribution in [0.3, 0.4) is 0 Å². The maximum atomic E-state index is 14.1. The van der Waals surface area contributed by atoms with Gasteiger partial charge in [-0.3, -0.25) is 9.59 Å². The van der Waals surface area contributed by atoms with Gasteiger partial charge in [0.05, 0.1) is 55.8 Å². The van der Waals surface area contributed by atoms with E-state index in [-0.39, 0.29) is 47.6 Å². The number of H-pyrrole nitrogens is 2. The summed E-state index contributed by atoms with van der Waals surface area (Å²) in [5, 5.41) is 7.43. The van der Waals surface area contributed by atoms with E-state index in [0.717, 1.165) is 68.3 Å². The highest BCUT2D eigenvalue weighted by Gasteiger charge is 2.43. The first-order chi connectivity index (χ1) is 30.3. The van der Waals surface area contributed by atoms with E-state index in [1.165, 1.54) is 14.2 Å². The number of rotatable bonds is 12. The predicted octanol–water partition coefficient (Wildman–Crippen LogP) is 7.26. The molecular formula is C47H58N8O8. The number of aromatic nitrogens is 4. The number of amides is 4. The van der Waals surface area contributed by atoms with Gasteiger partial charge in [0, 0.05) is 37.1 Å². The molecule has 16 heteroatoms. The summed E-state index contributed by atoms with van der Waals surface area (Å²) in [5.41, 5.74) is 6.51. The molecule has 0 aliphatic carbocycles. The molecule has 2 saturated heterocycles. The molecule has 8 rings (SSSR count). The number of carbonyl (C=O) groups is 4. The number of fused-ring (bicyclic) bond motifs is 6. The number of carbonyl (C=O) groups excluding carboxylic acids is 4. The van der Waals surface area contributed by atoms with Gasteiger partial charge in [-0.05, 0) is 76.9 Å². The van der Waals surface area contributed by atoms with Crippen molar-refractivity contribution in [2.45, 2.75) is 84.7 Å². The second-order valence-electron chi connectivity index (χ2n) is 17.8. The number of benzene rings is 3. The molecule has 0 radical (unpaired) electrons. The average molecular weight is 863 g/mol. The Balaban J connectivity index is 1.05. The minimum Gasteiger partial charge on any atom is -0.488 e. The molecule has 4 amide bonds. The van der Waals surface area contributed by atoms with E-state index in [0.29, 0.717) is 44.4 Å². The van der Waals surface area contributed by atoms with Crippen LogP contribution in [0, 0.1) is 23.7 Å². The van der Waals surface area contributed by atoms with Crippen LogP contribution in [-0.4, -0.2) is 107 Å². The molecule has 1 unspecified atom stereocenters. The van der Waals surface area contributed by atoms with Gasteiger partial charge in [-0.1, -0.05) is 59.2 Å². The van der Waals surface area contributed by atoms with Crippen LogP contribution in [-0.2, 0) is 30.4 Å². The average Bonchev–Trinajstić information content (AvgIpc) is 4.11. The Hall–Kier alpha value is -6.16. The molecule has 334 valence electrons. The number of methoxy groups -OCH3 is 3. The highest BCUT2D eigenvalue weighted by molar-refractivity contribution is 6.07. The molecule has 5 aromatic rings. The van der Waals surface area contributed by atoms with Gasteiger partial charge in [0.2, 0.25) is 11.8 Å². The number of likely N-dealkylation sites (tertiary alicyclic amines) is 2. The Morgan fingerprint density at radius 2 is 1.57 bits per heavy atom. The molecule has 7 atom stereocenters. The Morgan fingerprint density at radius 1 is 0.857 bits per heavy atom. The largest absolute Gasteiger partial charge is 0.488 e. The molecule has 4 N–H and O–H groups in total. The molecule has 2 aromatic heterocycles. The van der Waals surface area contributed by atoms with Crippen LogP contribution in [0.5, 0.6) is 5.75 Å². The summed E-state index contributed by atoms with van der Waals surface area (Å²) in [6, 6.07) is 12.5. The van der Waals surface area contributed by atoms with E-state index in [1.54, 1.807) is 7.11 Å². The van der Waals surface area contributed by atoms with Gasteiger partial charge in [0.25, 0.3) is 0 Å². The van der Waals surface area contributed by atoms with E-state index in [2.05, 4.69) is 63.9 Å². The fourth-order valence-corrected chi connectivity index (χ4v) is 9.54. The lowest BCUT2D eigenvalue weighted by Crippen LogP contribution is -2.51. The van der Waals surface area contributed by atoms with E-state index >= 15 is 0 Å². The minimum atomic E-state index is -0.762. The number of ether oxygens (including phenoxy) is 4. The second kappa shape index (κ2) is 17.9. The van der Waals surface area contributed by atoms with Crippen molar-refractivity contribution < 1.29 is 38.1 Å². The van der Waals surface area contributed by atoms with Crippen LogP contribution in [0.1, 0.15) is 83.2 Å². The second-order valence-corrected chi connectivity index (χ2v) is 17.8. The summed E-state index contributed by atoms with van der Waals surface area (Å²) in [5.74, 6) is 1.93. The third kappa shape index (κ3) is 8.40. The molecule has 3 aromatic carbocycles. The van der Waals surface area contributed by atoms with Crippen molar-refractivity contribution in [3.05, 3.63) is 65.9 Å². The van der Waals surface area contributed by atoms with Crippen LogP contribution in [0.2, 0.25) is 0 Å². The first-order valence-electron chi connectivity index (χ1n) is 21.9. The number of aromatic amines is 2. The van der Waals surface area contributed by atoms with Gasteiger partial charge in [0.15, 0.2) is 0 Å². The van der Waals surface area contributed by atoms with Crippen LogP contribution < -0.4 is 15.4 Å². The van der Waals surface area contributed by atoms with E-state index in [4.69, 9.17) is 28.9 Å². The number of hydrogen-bond donors (Lipinski definition) is 4. The van der Waals surface area contributed by atoms with Crippen LogP contribution >= 0.6 is 0 Å². The predicted molar refractivity (Wildman–Crippen MR) is 237 cm³/mol. The minimum absolute atomic E-state index is 0.0791. The van der Waals surface area contributed by atoms with Crippen molar-refractivity contribution in [2.24, 2.45) is 23.7 Å². The summed E-state index contributed by atoms with van der Waals surface area (Å²) < 4.78 is 21.6. The van der Waals surface area contributed by atoms with Gasteiger partial charge in [-0.15, -0.1) is 0 Å². The van der Waals surface area contributed by atoms with Gasteiger partial charge in [-0.25, -0.2) is 19.6 Å². The summed E-state index contributed by atoms with van der Waals surface area (Å²) in [4.78, 5) is 73.1. The van der Waals surface area contributed by atoms with Crippen molar-refractivity contribution in [1.82, 2.24) is 40.4 Å². The Bertz CT molecular complexity index is 2530. The van der Waals surface area contributed by atoms with E-state index in [9.17, 15) is 19.2 Å². The Kier molecular flexibility index (Phi) is 12.4. The zero-order valence-corrected chi connectivity index (χ0v) is 37.2. The molecule has 2 fully saturated rings. The fraction of sp³-hybridized carbons (Fsp3) is 0.489. The highest BCUT2D eigenvalue weighted by Crippen LogP contribution is 2.44. The lowest BCUT2D eigenvalue weighted by atomic mass is 9.92. The quantitative estimate of drug-likeness (QED) is 0.0992. The maximum absolute atomic E-state index is 14.1. The smallest absolute Gasteiger partial charge is 0.407 e. The first kappa shape index (κ1) is 43.5. The molecule has 63 heavy (non-hydrogen) atoms. The monoisotopic (exact) mass is 862 g/mol. The molecule has 3 aliphatic rings. The van der Waals surface area contributed by atoms with Crippen molar-refractivity contribution in [3.8, 4) is 28.1 Å². The normalized spacial score (nSPS) is 20.8. The van der Waals surface area contributed by atoms with Gasteiger partial charge < -0.3 is 49.3 Å². The summed E-state index contributed by atoms with van der Waals surface area (Å²) >= 11 is 0. The summed E-state index contributed by atoms with van der Waals surface area (Å²) in [6.07, 6.45) is 2.67. The lowest BCUT2D eigenvalue weighted by molar-refractivity contribution is -0.136. The lowest BCUT2D eigenvalue weighted by Gasteiger charge is -2.30. The van der Waals surface area contributed by atoms with Crippen LogP contribution in [0.15, 0.2) is 48.7 Å². The number of hydrogen-bond acceptors (Lipinski definition) is 10. The number of imidazole rings is 2. The fourth-order valence-electron chi connectivity index (χ4n) is 9.54. The van der Waals surface area contributed by atoms with Gasteiger partial charge >= 0.3 is 12.2 Å². The topological polar surface area (TPSA) is 193 Å². The van der Waals surface area contributed by atoms with Gasteiger partial charge in [-0.2, -0.15) is 0 Å². The number of alkyl carbamates (subject to hydrolysis) is 2. The van der Waals surface area contributed by atoms with E-state index in [1.807, 2.05) is 49.8 Å². The molecule has 5 heterocycles. The molecule has 3 aliphatic heterocycles. The number of nitrogens with one attached hydrogen (secondary N) is 4. The van der Waals surface area contributed by atoms with Crippen LogP contribution in [0.4, 0.5) is 9.59 Å². The maximum Gasteiger partial charge on any atom is 0.407 e. The third-order valence-corrected chi connectivity index (χ3v) is 13.1. The van der Waals surface area contributed by atoms with Crippen molar-refractivity contribution in [1.29, 1.82) is 0 Å². The number of nitrogens with zero attached hydrogens (tertiary/aromatic N) is 4. The highest BCUT2D eigenvalue weighted by atomic mass is 16.5. The van der Waals surface area contributed by atoms with Gasteiger partial charge in [0.1, 0.15) is 36.1 Å². The van der Waals surface area contributed by atoms with Crippen molar-refractivity contribution >= 4 is 45.8 Å². The molecule has 0 spiro atoms. The first-order valence-corrected chi connectivity index (χ1v) is 21.9. The summed E-state index contributed by atoms with van der Waals surface area (Å²) in [6.45, 7) is 11.8. The van der Waals surface area contributed by atoms with E-state index < -0.39 is 24.3 Å². The molecule has 16 nitrogen and oxygen atoms in total. The standard InChI is InChI=1S/C47H58N8O8/c1-9-26(5)40(53-47(59)62-8)45(57)54-20-25(4)14-36(54)42-48-19-35(50-42)29-10-12-31-30(16-29)23-63-38-18-32-28(17-33(31)38)11-13-34-41(32)51-43(49-34)37-15-27(22-60-6)21-55(37)44(56)39(24(2)3)52-46(58)61-7/h10-13,16-19,24-27,36-37,39-40H,9,14-15,20-23H2,1-8H3,(H,48,50)(H,49,51)(H,52,58)(H,53,59)/t25-,26-,27-,36-,37-,39?,40-/m0/s1. The molecule has 0 saturated carbocycles. The molecular weight excluding hydrogens is 805 g/mol. The Morgan fingerprint density at radius 3 is 2.29 bits per heavy atom. The SMILES string of the molecule is CC[C@H](C)[C@H](NC(=O)OC)C(=O)N1C[C@@H](C)C[C@H]1c1ncc(-c2ccc3c(c2)COc2cc4c(ccc5[nH]c([C@@H]6C[C@H](COC)CN6C(=O)C(NC(=O)OC)C(C)C)nc54)cc2-3)[nH]1. The van der Waals surface area contributed by atoms with Crippen molar-refractivity contribution in [3.63, 3.8) is 0 Å².